The zero-order valence-electron chi connectivity index (χ0n) is 15.0. The Kier molecular flexibility index (Phi) is 5.89. The summed E-state index contributed by atoms with van der Waals surface area (Å²) in [5, 5.41) is 0. The Hall–Kier alpha value is -3.54. The summed E-state index contributed by atoms with van der Waals surface area (Å²) in [5.74, 6) is 1.93. The number of hydrogen-bond donors (Lipinski definition) is 0. The Labute approximate surface area is 157 Å². The molecule has 3 rings (SSSR count). The number of nitrogens with zero attached hydrogens (tertiary/aromatic N) is 1. The van der Waals surface area contributed by atoms with Crippen LogP contribution in [0.3, 0.4) is 0 Å². The summed E-state index contributed by atoms with van der Waals surface area (Å²) < 4.78 is 21.4. The van der Waals surface area contributed by atoms with E-state index in [-0.39, 0.29) is 6.61 Å². The van der Waals surface area contributed by atoms with E-state index in [9.17, 15) is 4.79 Å². The highest BCUT2D eigenvalue weighted by Crippen LogP contribution is 2.28. The van der Waals surface area contributed by atoms with E-state index < -0.39 is 5.97 Å². The molecule has 0 fully saturated rings. The van der Waals surface area contributed by atoms with Gasteiger partial charge < -0.3 is 18.9 Å². The maximum Gasteiger partial charge on any atom is 0.338 e. The second-order valence-corrected chi connectivity index (χ2v) is 5.58. The molecular formula is C21H19NO5. The van der Waals surface area contributed by atoms with Crippen molar-refractivity contribution >= 4 is 5.97 Å². The number of pyridine rings is 1. The van der Waals surface area contributed by atoms with Gasteiger partial charge in [0.1, 0.15) is 18.1 Å². The number of methoxy groups -OCH3 is 2. The van der Waals surface area contributed by atoms with E-state index in [2.05, 4.69) is 4.98 Å². The average Bonchev–Trinajstić information content (AvgIpc) is 2.73. The smallest absolute Gasteiger partial charge is 0.338 e. The SMILES string of the molecule is COc1ccc(C(=O)OCc2ccc(Oc3cccnc3)cc2)cc1OC. The molecule has 0 spiro atoms. The van der Waals surface area contributed by atoms with Crippen molar-refractivity contribution in [1.29, 1.82) is 0 Å². The van der Waals surface area contributed by atoms with Gasteiger partial charge in [-0.05, 0) is 48.0 Å². The molecule has 1 heterocycles. The van der Waals surface area contributed by atoms with Gasteiger partial charge >= 0.3 is 5.97 Å². The number of rotatable bonds is 7. The van der Waals surface area contributed by atoms with Crippen molar-refractivity contribution < 1.29 is 23.7 Å². The molecule has 0 saturated carbocycles. The molecule has 0 aliphatic heterocycles. The van der Waals surface area contributed by atoms with Gasteiger partial charge in [-0.3, -0.25) is 4.98 Å². The van der Waals surface area contributed by atoms with Crippen molar-refractivity contribution in [2.45, 2.75) is 6.61 Å². The Morgan fingerprint density at radius 3 is 2.37 bits per heavy atom. The summed E-state index contributed by atoms with van der Waals surface area (Å²) >= 11 is 0. The Balaban J connectivity index is 1.59. The lowest BCUT2D eigenvalue weighted by Crippen LogP contribution is -2.06. The minimum atomic E-state index is -0.438. The van der Waals surface area contributed by atoms with Crippen LogP contribution in [0.5, 0.6) is 23.0 Å². The lowest BCUT2D eigenvalue weighted by Gasteiger charge is -2.10. The summed E-state index contributed by atoms with van der Waals surface area (Å²) in [6, 6.07) is 15.8. The number of aromatic nitrogens is 1. The van der Waals surface area contributed by atoms with Gasteiger partial charge in [0.05, 0.1) is 26.0 Å². The predicted octanol–water partition coefficient (Wildman–Crippen LogP) is 4.25. The zero-order valence-corrected chi connectivity index (χ0v) is 15.0. The van der Waals surface area contributed by atoms with Crippen molar-refractivity contribution in [3.8, 4) is 23.0 Å². The number of carbonyl (C=O) groups excluding carboxylic acids is 1. The van der Waals surface area contributed by atoms with Crippen LogP contribution in [0, 0.1) is 0 Å². The fourth-order valence-electron chi connectivity index (χ4n) is 2.39. The van der Waals surface area contributed by atoms with E-state index in [1.807, 2.05) is 30.3 Å². The zero-order chi connectivity index (χ0) is 19.1. The summed E-state index contributed by atoms with van der Waals surface area (Å²) in [6.07, 6.45) is 3.32. The molecule has 0 bridgehead atoms. The number of hydrogen-bond acceptors (Lipinski definition) is 6. The normalized spacial score (nSPS) is 10.1. The van der Waals surface area contributed by atoms with Crippen molar-refractivity contribution in [2.24, 2.45) is 0 Å². The summed E-state index contributed by atoms with van der Waals surface area (Å²) in [5.41, 5.74) is 1.24. The molecule has 0 saturated heterocycles. The van der Waals surface area contributed by atoms with Crippen LogP contribution in [-0.4, -0.2) is 25.2 Å². The van der Waals surface area contributed by atoms with Gasteiger partial charge in [-0.25, -0.2) is 4.79 Å². The number of benzene rings is 2. The minimum Gasteiger partial charge on any atom is -0.493 e. The highest BCUT2D eigenvalue weighted by Gasteiger charge is 2.12. The molecule has 6 heteroatoms. The fraction of sp³-hybridized carbons (Fsp3) is 0.143. The first kappa shape index (κ1) is 18.3. The number of esters is 1. The van der Waals surface area contributed by atoms with Gasteiger partial charge in [0.2, 0.25) is 0 Å². The lowest BCUT2D eigenvalue weighted by molar-refractivity contribution is 0.0472. The van der Waals surface area contributed by atoms with Crippen LogP contribution in [0.1, 0.15) is 15.9 Å². The van der Waals surface area contributed by atoms with E-state index in [1.165, 1.54) is 14.2 Å². The van der Waals surface area contributed by atoms with Crippen molar-refractivity contribution in [1.82, 2.24) is 4.98 Å². The van der Waals surface area contributed by atoms with Crippen molar-refractivity contribution in [3.05, 3.63) is 78.1 Å². The highest BCUT2D eigenvalue weighted by atomic mass is 16.5. The predicted molar refractivity (Wildman–Crippen MR) is 99.4 cm³/mol. The third kappa shape index (κ3) is 4.76. The van der Waals surface area contributed by atoms with Gasteiger partial charge in [-0.2, -0.15) is 0 Å². The quantitative estimate of drug-likeness (QED) is 0.583. The first-order valence-electron chi connectivity index (χ1n) is 8.25. The third-order valence-electron chi connectivity index (χ3n) is 3.78. The highest BCUT2D eigenvalue weighted by molar-refractivity contribution is 5.90. The van der Waals surface area contributed by atoms with Gasteiger partial charge in [0, 0.05) is 6.20 Å². The molecule has 0 aliphatic rings. The molecule has 0 unspecified atom stereocenters. The van der Waals surface area contributed by atoms with Crippen LogP contribution in [0.4, 0.5) is 0 Å². The summed E-state index contributed by atoms with van der Waals surface area (Å²) in [7, 11) is 3.06. The van der Waals surface area contributed by atoms with E-state index in [1.54, 1.807) is 36.7 Å². The van der Waals surface area contributed by atoms with E-state index in [0.29, 0.717) is 28.6 Å². The summed E-state index contributed by atoms with van der Waals surface area (Å²) in [4.78, 5) is 16.2. The largest absolute Gasteiger partial charge is 0.493 e. The van der Waals surface area contributed by atoms with E-state index >= 15 is 0 Å². The molecule has 0 N–H and O–H groups in total. The lowest BCUT2D eigenvalue weighted by atomic mass is 10.2. The van der Waals surface area contributed by atoms with Crippen molar-refractivity contribution in [2.75, 3.05) is 14.2 Å². The molecule has 138 valence electrons. The Morgan fingerprint density at radius 2 is 1.70 bits per heavy atom. The number of ether oxygens (including phenoxy) is 4. The number of carbonyl (C=O) groups is 1. The second-order valence-electron chi connectivity index (χ2n) is 5.58. The van der Waals surface area contributed by atoms with Crippen LogP contribution >= 0.6 is 0 Å². The molecule has 27 heavy (non-hydrogen) atoms. The molecule has 0 amide bonds. The molecule has 0 atom stereocenters. The van der Waals surface area contributed by atoms with Crippen LogP contribution in [0.15, 0.2) is 67.0 Å². The minimum absolute atomic E-state index is 0.153. The van der Waals surface area contributed by atoms with Crippen LogP contribution < -0.4 is 14.2 Å². The summed E-state index contributed by atoms with van der Waals surface area (Å²) in [6.45, 7) is 0.153. The van der Waals surface area contributed by atoms with Crippen molar-refractivity contribution in [3.63, 3.8) is 0 Å². The van der Waals surface area contributed by atoms with Gasteiger partial charge in [-0.15, -0.1) is 0 Å². The van der Waals surface area contributed by atoms with Crippen LogP contribution in [0.2, 0.25) is 0 Å². The van der Waals surface area contributed by atoms with E-state index in [4.69, 9.17) is 18.9 Å². The Bertz CT molecular complexity index is 894. The first-order valence-corrected chi connectivity index (χ1v) is 8.25. The van der Waals surface area contributed by atoms with Crippen LogP contribution in [0.25, 0.3) is 0 Å². The molecule has 3 aromatic rings. The van der Waals surface area contributed by atoms with Gasteiger partial charge in [0.15, 0.2) is 11.5 Å². The standard InChI is InChI=1S/C21H19NO5/c1-24-19-10-7-16(12-20(19)25-2)21(23)26-14-15-5-8-17(9-6-15)27-18-4-3-11-22-13-18/h3-13H,14H2,1-2H3. The topological polar surface area (TPSA) is 66.9 Å². The molecule has 6 nitrogen and oxygen atoms in total. The average molecular weight is 365 g/mol. The molecule has 1 aromatic heterocycles. The molecule has 2 aromatic carbocycles. The maximum absolute atomic E-state index is 12.2. The molecule has 0 radical (unpaired) electrons. The molecule has 0 aliphatic carbocycles. The first-order chi connectivity index (χ1) is 13.2. The second kappa shape index (κ2) is 8.71. The van der Waals surface area contributed by atoms with E-state index in [0.717, 1.165) is 5.56 Å². The van der Waals surface area contributed by atoms with Gasteiger partial charge in [0.25, 0.3) is 0 Å². The third-order valence-corrected chi connectivity index (χ3v) is 3.78. The molecular weight excluding hydrogens is 346 g/mol. The maximum atomic E-state index is 12.2. The fourth-order valence-corrected chi connectivity index (χ4v) is 2.39. The van der Waals surface area contributed by atoms with Gasteiger partial charge in [-0.1, -0.05) is 12.1 Å². The Morgan fingerprint density at radius 1 is 0.926 bits per heavy atom. The van der Waals surface area contributed by atoms with Crippen LogP contribution in [-0.2, 0) is 11.3 Å². The monoisotopic (exact) mass is 365 g/mol.